The third kappa shape index (κ3) is 4.87. The first-order valence-electron chi connectivity index (χ1n) is 6.57. The van der Waals surface area contributed by atoms with Gasteiger partial charge >= 0.3 is 12.2 Å². The molecular weight excluding hydrogens is 304 g/mol. The van der Waals surface area contributed by atoms with E-state index in [9.17, 15) is 27.5 Å². The summed E-state index contributed by atoms with van der Waals surface area (Å²) in [5.41, 5.74) is -3.04. The zero-order valence-corrected chi connectivity index (χ0v) is 12.4. The lowest BCUT2D eigenvalue weighted by Crippen LogP contribution is -2.45. The summed E-state index contributed by atoms with van der Waals surface area (Å²) in [7, 11) is 0. The van der Waals surface area contributed by atoms with Gasteiger partial charge < -0.3 is 15.7 Å². The fourth-order valence-electron chi connectivity index (χ4n) is 1.49. The minimum absolute atomic E-state index is 0.140. The fraction of sp³-hybridized carbons (Fsp3) is 0.500. The average molecular weight is 322 g/mol. The van der Waals surface area contributed by atoms with Crippen molar-refractivity contribution in [3.8, 4) is 0 Å². The summed E-state index contributed by atoms with van der Waals surface area (Å²) in [6, 6.07) is 1.03. The molecule has 124 valence electrons. The number of amides is 2. The van der Waals surface area contributed by atoms with E-state index in [0.717, 1.165) is 12.1 Å². The lowest BCUT2D eigenvalue weighted by Gasteiger charge is -2.27. The average Bonchev–Trinajstić information content (AvgIpc) is 2.37. The molecule has 4 nitrogen and oxygen atoms in total. The summed E-state index contributed by atoms with van der Waals surface area (Å²) >= 11 is 0. The minimum Gasteiger partial charge on any atom is -0.388 e. The molecule has 1 aromatic carbocycles. The fourth-order valence-corrected chi connectivity index (χ4v) is 1.49. The van der Waals surface area contributed by atoms with Gasteiger partial charge in [-0.3, -0.25) is 0 Å². The summed E-state index contributed by atoms with van der Waals surface area (Å²) in [5, 5.41) is 14.2. The zero-order valence-electron chi connectivity index (χ0n) is 12.4. The standard InChI is InChI=1S/C14H18F4N2O2/c1-8(2)13(3,22)7-19-12(21)20-11-5-4-9(15)6-10(11)14(16,17)18/h4-6,8,22H,7H2,1-3H3,(H2,19,20,21). The molecule has 0 aliphatic rings. The molecule has 0 heterocycles. The Morgan fingerprint density at radius 3 is 2.41 bits per heavy atom. The van der Waals surface area contributed by atoms with E-state index in [2.05, 4.69) is 5.32 Å². The highest BCUT2D eigenvalue weighted by molar-refractivity contribution is 5.90. The van der Waals surface area contributed by atoms with Gasteiger partial charge in [0.15, 0.2) is 0 Å². The third-order valence-corrected chi connectivity index (χ3v) is 3.39. The topological polar surface area (TPSA) is 61.4 Å². The first-order valence-corrected chi connectivity index (χ1v) is 6.57. The van der Waals surface area contributed by atoms with Crippen LogP contribution in [0.15, 0.2) is 18.2 Å². The summed E-state index contributed by atoms with van der Waals surface area (Å²) in [6.45, 7) is 4.83. The molecule has 0 bridgehead atoms. The molecular formula is C14H18F4N2O2. The number of rotatable bonds is 4. The number of urea groups is 1. The van der Waals surface area contributed by atoms with Crippen LogP contribution in [0.3, 0.4) is 0 Å². The molecule has 0 aliphatic carbocycles. The minimum atomic E-state index is -4.80. The Bertz CT molecular complexity index is 542. The quantitative estimate of drug-likeness (QED) is 0.744. The van der Waals surface area contributed by atoms with Crippen molar-refractivity contribution >= 4 is 11.7 Å². The summed E-state index contributed by atoms with van der Waals surface area (Å²) in [4.78, 5) is 11.7. The molecule has 8 heteroatoms. The number of halogens is 4. The van der Waals surface area contributed by atoms with E-state index in [1.165, 1.54) is 6.92 Å². The molecule has 0 aliphatic heterocycles. The van der Waals surface area contributed by atoms with E-state index in [0.29, 0.717) is 6.07 Å². The van der Waals surface area contributed by atoms with Gasteiger partial charge in [0, 0.05) is 6.54 Å². The molecule has 2 amide bonds. The molecule has 0 spiro atoms. The van der Waals surface area contributed by atoms with E-state index < -0.39 is 34.9 Å². The predicted molar refractivity (Wildman–Crippen MR) is 73.9 cm³/mol. The number of nitrogens with one attached hydrogen (secondary N) is 2. The Morgan fingerprint density at radius 2 is 1.91 bits per heavy atom. The molecule has 0 radical (unpaired) electrons. The lowest BCUT2D eigenvalue weighted by molar-refractivity contribution is -0.137. The van der Waals surface area contributed by atoms with Gasteiger partial charge in [0.1, 0.15) is 5.82 Å². The molecule has 22 heavy (non-hydrogen) atoms. The van der Waals surface area contributed by atoms with Gasteiger partial charge in [-0.15, -0.1) is 0 Å². The molecule has 1 atom stereocenters. The van der Waals surface area contributed by atoms with E-state index in [1.807, 2.05) is 5.32 Å². The molecule has 3 N–H and O–H groups in total. The van der Waals surface area contributed by atoms with Crippen molar-refractivity contribution in [3.63, 3.8) is 0 Å². The van der Waals surface area contributed by atoms with Crippen LogP contribution < -0.4 is 10.6 Å². The van der Waals surface area contributed by atoms with Crippen LogP contribution in [-0.4, -0.2) is 23.3 Å². The molecule has 0 aromatic heterocycles. The number of alkyl halides is 3. The van der Waals surface area contributed by atoms with Crippen molar-refractivity contribution < 1.29 is 27.5 Å². The van der Waals surface area contributed by atoms with E-state index in [1.54, 1.807) is 13.8 Å². The van der Waals surface area contributed by atoms with Gasteiger partial charge in [0.25, 0.3) is 0 Å². The Kier molecular flexibility index (Phi) is 5.39. The number of anilines is 1. The first kappa shape index (κ1) is 18.2. The maximum absolute atomic E-state index is 12.9. The van der Waals surface area contributed by atoms with Crippen LogP contribution in [0.2, 0.25) is 0 Å². The van der Waals surface area contributed by atoms with Crippen LogP contribution >= 0.6 is 0 Å². The van der Waals surface area contributed by atoms with Crippen molar-refractivity contribution in [1.29, 1.82) is 0 Å². The van der Waals surface area contributed by atoms with Crippen LogP contribution in [0.25, 0.3) is 0 Å². The molecule has 1 aromatic rings. The highest BCUT2D eigenvalue weighted by Gasteiger charge is 2.34. The maximum atomic E-state index is 12.9. The molecule has 0 saturated carbocycles. The highest BCUT2D eigenvalue weighted by atomic mass is 19.4. The Morgan fingerprint density at radius 1 is 1.32 bits per heavy atom. The summed E-state index contributed by atoms with van der Waals surface area (Å²) < 4.78 is 51.3. The third-order valence-electron chi connectivity index (χ3n) is 3.39. The normalized spacial score (nSPS) is 14.6. The van der Waals surface area contributed by atoms with E-state index in [-0.39, 0.29) is 12.5 Å². The predicted octanol–water partition coefficient (Wildman–Crippen LogP) is 3.37. The number of aliphatic hydroxyl groups is 1. The molecule has 1 rings (SSSR count). The summed E-state index contributed by atoms with van der Waals surface area (Å²) in [5.74, 6) is -1.22. The summed E-state index contributed by atoms with van der Waals surface area (Å²) in [6.07, 6.45) is -4.80. The largest absolute Gasteiger partial charge is 0.418 e. The van der Waals surface area contributed by atoms with Gasteiger partial charge in [0.2, 0.25) is 0 Å². The SMILES string of the molecule is CC(C)C(C)(O)CNC(=O)Nc1ccc(F)cc1C(F)(F)F. The van der Waals surface area contributed by atoms with Gasteiger partial charge in [-0.1, -0.05) is 13.8 Å². The Balaban J connectivity index is 2.81. The van der Waals surface area contributed by atoms with E-state index >= 15 is 0 Å². The number of carbonyl (C=O) groups is 1. The van der Waals surface area contributed by atoms with Crippen molar-refractivity contribution in [2.24, 2.45) is 5.92 Å². The Hall–Kier alpha value is -1.83. The number of hydrogen-bond acceptors (Lipinski definition) is 2. The van der Waals surface area contributed by atoms with Crippen molar-refractivity contribution in [2.75, 3.05) is 11.9 Å². The van der Waals surface area contributed by atoms with Crippen LogP contribution in [0.1, 0.15) is 26.3 Å². The monoisotopic (exact) mass is 322 g/mol. The van der Waals surface area contributed by atoms with Gasteiger partial charge in [-0.05, 0) is 31.0 Å². The van der Waals surface area contributed by atoms with Gasteiger partial charge in [0.05, 0.1) is 16.9 Å². The second-order valence-electron chi connectivity index (χ2n) is 5.51. The van der Waals surface area contributed by atoms with Crippen molar-refractivity contribution in [1.82, 2.24) is 5.32 Å². The van der Waals surface area contributed by atoms with Crippen LogP contribution in [0.4, 0.5) is 28.0 Å². The lowest BCUT2D eigenvalue weighted by atomic mass is 9.93. The van der Waals surface area contributed by atoms with Crippen molar-refractivity contribution in [3.05, 3.63) is 29.6 Å². The van der Waals surface area contributed by atoms with E-state index in [4.69, 9.17) is 0 Å². The van der Waals surface area contributed by atoms with Crippen molar-refractivity contribution in [2.45, 2.75) is 32.5 Å². The van der Waals surface area contributed by atoms with Crippen LogP contribution in [-0.2, 0) is 6.18 Å². The number of hydrogen-bond donors (Lipinski definition) is 3. The van der Waals surface area contributed by atoms with Crippen LogP contribution in [0.5, 0.6) is 0 Å². The van der Waals surface area contributed by atoms with Gasteiger partial charge in [-0.2, -0.15) is 13.2 Å². The maximum Gasteiger partial charge on any atom is 0.418 e. The number of carbonyl (C=O) groups excluding carboxylic acids is 1. The smallest absolute Gasteiger partial charge is 0.388 e. The molecule has 1 unspecified atom stereocenters. The van der Waals surface area contributed by atoms with Gasteiger partial charge in [-0.25, -0.2) is 9.18 Å². The highest BCUT2D eigenvalue weighted by Crippen LogP contribution is 2.35. The van der Waals surface area contributed by atoms with Crippen LogP contribution in [0, 0.1) is 11.7 Å². The number of benzene rings is 1. The molecule has 0 fully saturated rings. The Labute approximate surface area is 125 Å². The second kappa shape index (κ2) is 6.51. The molecule has 0 saturated heterocycles. The zero-order chi connectivity index (χ0) is 17.1. The first-order chi connectivity index (χ1) is 9.93. The second-order valence-corrected chi connectivity index (χ2v) is 5.51.